The molecule has 1 unspecified atom stereocenters. The van der Waals surface area contributed by atoms with Crippen LogP contribution in [0.3, 0.4) is 0 Å². The highest BCUT2D eigenvalue weighted by Gasteiger charge is 2.20. The zero-order valence-corrected chi connectivity index (χ0v) is 12.2. The molecule has 0 aliphatic heterocycles. The van der Waals surface area contributed by atoms with E-state index in [0.717, 1.165) is 6.42 Å². The van der Waals surface area contributed by atoms with E-state index in [-0.39, 0.29) is 4.75 Å². The molecule has 0 saturated carbocycles. The predicted octanol–water partition coefficient (Wildman–Crippen LogP) is 5.70. The smallest absolute Gasteiger partial charge is 0.0346 e. The third-order valence-electron chi connectivity index (χ3n) is 3.59. The van der Waals surface area contributed by atoms with Crippen molar-refractivity contribution in [3.8, 4) is 0 Å². The summed E-state index contributed by atoms with van der Waals surface area (Å²) in [6, 6.07) is 0. The quantitative estimate of drug-likeness (QED) is 0.395. The maximum absolute atomic E-state index is 4.78. The second-order valence-electron chi connectivity index (χ2n) is 5.32. The molecule has 0 radical (unpaired) electrons. The maximum atomic E-state index is 4.78. The van der Waals surface area contributed by atoms with E-state index in [9.17, 15) is 0 Å². The van der Waals surface area contributed by atoms with Crippen LogP contribution in [0.2, 0.25) is 0 Å². The lowest BCUT2D eigenvalue weighted by atomic mass is 9.93. The number of allylic oxidation sites excluding steroid dienone is 3. The van der Waals surface area contributed by atoms with Gasteiger partial charge in [0.15, 0.2) is 0 Å². The highest BCUT2D eigenvalue weighted by Crippen LogP contribution is 2.31. The van der Waals surface area contributed by atoms with Gasteiger partial charge >= 0.3 is 0 Å². The molecule has 0 N–H and O–H groups in total. The van der Waals surface area contributed by atoms with Crippen molar-refractivity contribution in [2.45, 2.75) is 75.9 Å². The van der Waals surface area contributed by atoms with E-state index in [4.69, 9.17) is 12.6 Å². The number of thiol groups is 1. The van der Waals surface area contributed by atoms with Crippen LogP contribution in [-0.2, 0) is 0 Å². The zero-order valence-electron chi connectivity index (χ0n) is 11.3. The van der Waals surface area contributed by atoms with Gasteiger partial charge in [0.2, 0.25) is 0 Å². The van der Waals surface area contributed by atoms with E-state index in [1.807, 2.05) is 0 Å². The summed E-state index contributed by atoms with van der Waals surface area (Å²) in [5, 5.41) is 0. The molecule has 0 nitrogen and oxygen atoms in total. The largest absolute Gasteiger partial charge is 0.168 e. The van der Waals surface area contributed by atoms with E-state index < -0.39 is 0 Å². The van der Waals surface area contributed by atoms with Crippen LogP contribution in [0, 0.1) is 0 Å². The van der Waals surface area contributed by atoms with Crippen LogP contribution < -0.4 is 0 Å². The van der Waals surface area contributed by atoms with Crippen LogP contribution in [0.5, 0.6) is 0 Å². The Balaban J connectivity index is 1.93. The van der Waals surface area contributed by atoms with Gasteiger partial charge in [-0.1, -0.05) is 82.6 Å². The summed E-state index contributed by atoms with van der Waals surface area (Å²) in [6.07, 6.45) is 22.3. The molecule has 0 saturated heterocycles. The zero-order chi connectivity index (χ0) is 12.4. The van der Waals surface area contributed by atoms with Crippen LogP contribution >= 0.6 is 12.6 Å². The minimum Gasteiger partial charge on any atom is -0.168 e. The van der Waals surface area contributed by atoms with E-state index in [1.165, 1.54) is 57.8 Å². The average Bonchev–Trinajstić information content (AvgIpc) is 2.33. The third kappa shape index (κ3) is 6.98. The van der Waals surface area contributed by atoms with Crippen molar-refractivity contribution in [1.82, 2.24) is 0 Å². The van der Waals surface area contributed by atoms with Gasteiger partial charge in [-0.05, 0) is 12.8 Å². The molecule has 0 heterocycles. The van der Waals surface area contributed by atoms with Gasteiger partial charge < -0.3 is 0 Å². The van der Waals surface area contributed by atoms with Crippen molar-refractivity contribution in [3.63, 3.8) is 0 Å². The normalized spacial score (nSPS) is 23.2. The number of unbranched alkanes of at least 4 members (excludes halogenated alkanes) is 7. The van der Waals surface area contributed by atoms with Gasteiger partial charge in [0.25, 0.3) is 0 Å². The Morgan fingerprint density at radius 1 is 0.941 bits per heavy atom. The molecule has 0 aromatic heterocycles. The van der Waals surface area contributed by atoms with E-state index in [1.54, 1.807) is 0 Å². The lowest BCUT2D eigenvalue weighted by molar-refractivity contribution is 0.537. The fourth-order valence-corrected chi connectivity index (χ4v) is 2.75. The van der Waals surface area contributed by atoms with Gasteiger partial charge in [0, 0.05) is 4.75 Å². The molecule has 1 heteroatoms. The minimum atomic E-state index is 0.150. The SMILES string of the molecule is CCCCCCCCCCC1(S)C=CC=CC1. The monoisotopic (exact) mass is 252 g/mol. The number of hydrogen-bond acceptors (Lipinski definition) is 1. The second kappa shape index (κ2) is 8.85. The van der Waals surface area contributed by atoms with Gasteiger partial charge in [-0.2, -0.15) is 12.6 Å². The first-order valence-electron chi connectivity index (χ1n) is 7.33. The topological polar surface area (TPSA) is 0 Å². The van der Waals surface area contributed by atoms with Crippen LogP contribution in [0.25, 0.3) is 0 Å². The molecule has 0 fully saturated rings. The molecule has 0 aromatic carbocycles. The molecule has 0 amide bonds. The summed E-state index contributed by atoms with van der Waals surface area (Å²) in [6.45, 7) is 2.28. The molecule has 17 heavy (non-hydrogen) atoms. The average molecular weight is 252 g/mol. The number of rotatable bonds is 9. The summed E-state index contributed by atoms with van der Waals surface area (Å²) in [5.74, 6) is 0. The number of hydrogen-bond donors (Lipinski definition) is 1. The van der Waals surface area contributed by atoms with Crippen molar-refractivity contribution in [1.29, 1.82) is 0 Å². The molecule has 98 valence electrons. The molecule has 0 bridgehead atoms. The highest BCUT2D eigenvalue weighted by molar-refractivity contribution is 7.82. The Kier molecular flexibility index (Phi) is 7.75. The second-order valence-corrected chi connectivity index (χ2v) is 6.21. The summed E-state index contributed by atoms with van der Waals surface area (Å²) < 4.78 is 0.150. The molecule has 1 rings (SSSR count). The van der Waals surface area contributed by atoms with Crippen LogP contribution in [0.15, 0.2) is 24.3 Å². The Hall–Kier alpha value is -0.170. The standard InChI is InChI=1S/C16H28S/c1-2-3-4-5-6-7-8-10-13-16(17)14-11-9-12-15-16/h9,11-12,14,17H,2-8,10,13,15H2,1H3. The summed E-state index contributed by atoms with van der Waals surface area (Å²) in [7, 11) is 0. The van der Waals surface area contributed by atoms with Gasteiger partial charge in [0.1, 0.15) is 0 Å². The summed E-state index contributed by atoms with van der Waals surface area (Å²) >= 11 is 4.78. The lowest BCUT2D eigenvalue weighted by Gasteiger charge is -2.25. The van der Waals surface area contributed by atoms with Crippen molar-refractivity contribution in [2.75, 3.05) is 0 Å². The van der Waals surface area contributed by atoms with E-state index in [0.29, 0.717) is 0 Å². The van der Waals surface area contributed by atoms with Crippen LogP contribution in [-0.4, -0.2) is 4.75 Å². The maximum Gasteiger partial charge on any atom is 0.0346 e. The van der Waals surface area contributed by atoms with Gasteiger partial charge in [-0.25, -0.2) is 0 Å². The molecule has 1 aliphatic carbocycles. The van der Waals surface area contributed by atoms with Gasteiger partial charge in [0.05, 0.1) is 0 Å². The molecular weight excluding hydrogens is 224 g/mol. The Bertz CT molecular complexity index is 242. The van der Waals surface area contributed by atoms with Crippen molar-refractivity contribution < 1.29 is 0 Å². The third-order valence-corrected chi connectivity index (χ3v) is 4.14. The van der Waals surface area contributed by atoms with E-state index >= 15 is 0 Å². The summed E-state index contributed by atoms with van der Waals surface area (Å²) in [5.41, 5.74) is 0. The molecular formula is C16H28S. The van der Waals surface area contributed by atoms with Crippen LogP contribution in [0.1, 0.15) is 71.1 Å². The fourth-order valence-electron chi connectivity index (χ4n) is 2.40. The minimum absolute atomic E-state index is 0.150. The fraction of sp³-hybridized carbons (Fsp3) is 0.750. The van der Waals surface area contributed by atoms with Crippen molar-refractivity contribution >= 4 is 12.6 Å². The highest BCUT2D eigenvalue weighted by atomic mass is 32.1. The Labute approximate surface area is 113 Å². The molecule has 0 aromatic rings. The first-order valence-corrected chi connectivity index (χ1v) is 7.78. The van der Waals surface area contributed by atoms with Crippen molar-refractivity contribution in [2.24, 2.45) is 0 Å². The first kappa shape index (κ1) is 14.9. The molecule has 1 atom stereocenters. The summed E-state index contributed by atoms with van der Waals surface area (Å²) in [4.78, 5) is 0. The Morgan fingerprint density at radius 2 is 1.59 bits per heavy atom. The molecule has 1 aliphatic rings. The van der Waals surface area contributed by atoms with Crippen molar-refractivity contribution in [3.05, 3.63) is 24.3 Å². The van der Waals surface area contributed by atoms with E-state index in [2.05, 4.69) is 31.2 Å². The van der Waals surface area contributed by atoms with Gasteiger partial charge in [-0.3, -0.25) is 0 Å². The predicted molar refractivity (Wildman–Crippen MR) is 81.8 cm³/mol. The first-order chi connectivity index (χ1) is 8.27. The van der Waals surface area contributed by atoms with Gasteiger partial charge in [-0.15, -0.1) is 0 Å². The van der Waals surface area contributed by atoms with Crippen LogP contribution in [0.4, 0.5) is 0 Å². The lowest BCUT2D eigenvalue weighted by Crippen LogP contribution is -2.18. The Morgan fingerprint density at radius 3 is 2.18 bits per heavy atom. The molecule has 0 spiro atoms.